The van der Waals surface area contributed by atoms with Crippen LogP contribution in [0, 0.1) is 11.8 Å². The number of nitrogens with zero attached hydrogens (tertiary/aromatic N) is 3. The Morgan fingerprint density at radius 3 is 2.60 bits per heavy atom. The van der Waals surface area contributed by atoms with Crippen molar-refractivity contribution >= 4 is 5.69 Å². The van der Waals surface area contributed by atoms with Crippen LogP contribution < -0.4 is 0 Å². The topological polar surface area (TPSA) is 58.0 Å². The first-order valence-corrected chi connectivity index (χ1v) is 6.15. The smallest absolute Gasteiger partial charge is 0.108 e. The molecule has 4 nitrogen and oxygen atoms in total. The Morgan fingerprint density at radius 1 is 1.05 bits per heavy atom. The molecule has 0 heterocycles. The van der Waals surface area contributed by atoms with Gasteiger partial charge in [-0.15, -0.1) is 0 Å². The summed E-state index contributed by atoms with van der Waals surface area (Å²) in [5.41, 5.74) is 10.8. The second-order valence-corrected chi connectivity index (χ2v) is 3.99. The van der Waals surface area contributed by atoms with E-state index in [1.165, 1.54) is 0 Å². The molecule has 0 aliphatic carbocycles. The van der Waals surface area contributed by atoms with E-state index in [-0.39, 0.29) is 0 Å². The minimum Gasteiger partial charge on any atom is -0.364 e. The molecular formula is C16H13N3O. The van der Waals surface area contributed by atoms with E-state index in [0.29, 0.717) is 24.5 Å². The molecule has 0 aromatic heterocycles. The first-order chi connectivity index (χ1) is 9.90. The monoisotopic (exact) mass is 263 g/mol. The van der Waals surface area contributed by atoms with Crippen molar-refractivity contribution in [3.8, 4) is 11.8 Å². The van der Waals surface area contributed by atoms with Gasteiger partial charge in [-0.3, -0.25) is 0 Å². The van der Waals surface area contributed by atoms with Gasteiger partial charge < -0.3 is 4.74 Å². The van der Waals surface area contributed by atoms with Gasteiger partial charge in [0.1, 0.15) is 6.61 Å². The Labute approximate surface area is 117 Å². The Morgan fingerprint density at radius 2 is 1.80 bits per heavy atom. The minimum atomic E-state index is 0.333. The van der Waals surface area contributed by atoms with Crippen LogP contribution >= 0.6 is 0 Å². The SMILES string of the molecule is [N-]=[N+]=Nc1ccccc1C#CCOCc1ccccc1. The Hall–Kier alpha value is -2.73. The summed E-state index contributed by atoms with van der Waals surface area (Å²) in [5, 5.41) is 3.59. The summed E-state index contributed by atoms with van der Waals surface area (Å²) in [4.78, 5) is 2.78. The second-order valence-electron chi connectivity index (χ2n) is 3.99. The summed E-state index contributed by atoms with van der Waals surface area (Å²) in [7, 11) is 0. The van der Waals surface area contributed by atoms with Gasteiger partial charge >= 0.3 is 0 Å². The third kappa shape index (κ3) is 4.18. The molecule has 2 rings (SSSR count). The number of benzene rings is 2. The van der Waals surface area contributed by atoms with Gasteiger partial charge in [-0.2, -0.15) is 0 Å². The fourth-order valence-corrected chi connectivity index (χ4v) is 1.64. The fourth-order valence-electron chi connectivity index (χ4n) is 1.64. The largest absolute Gasteiger partial charge is 0.364 e. The van der Waals surface area contributed by atoms with Crippen LogP contribution in [-0.4, -0.2) is 6.61 Å². The summed E-state index contributed by atoms with van der Waals surface area (Å²) in [5.74, 6) is 5.86. The van der Waals surface area contributed by atoms with Crippen molar-refractivity contribution < 1.29 is 4.74 Å². The molecule has 98 valence electrons. The summed E-state index contributed by atoms with van der Waals surface area (Å²) in [6.07, 6.45) is 0. The van der Waals surface area contributed by atoms with Gasteiger partial charge in [-0.05, 0) is 17.2 Å². The van der Waals surface area contributed by atoms with Crippen LogP contribution in [0.1, 0.15) is 11.1 Å². The lowest BCUT2D eigenvalue weighted by Gasteiger charge is -1.99. The average molecular weight is 263 g/mol. The molecule has 4 heteroatoms. The van der Waals surface area contributed by atoms with E-state index in [0.717, 1.165) is 5.56 Å². The maximum atomic E-state index is 8.47. The highest BCUT2D eigenvalue weighted by atomic mass is 16.5. The van der Waals surface area contributed by atoms with Crippen molar-refractivity contribution in [1.82, 2.24) is 0 Å². The Balaban J connectivity index is 1.90. The van der Waals surface area contributed by atoms with Crippen LogP contribution in [0.2, 0.25) is 0 Å². The van der Waals surface area contributed by atoms with E-state index in [1.807, 2.05) is 42.5 Å². The lowest BCUT2D eigenvalue weighted by Crippen LogP contribution is -1.92. The highest BCUT2D eigenvalue weighted by molar-refractivity contribution is 5.54. The van der Waals surface area contributed by atoms with Gasteiger partial charge in [0.2, 0.25) is 0 Å². The van der Waals surface area contributed by atoms with Crippen LogP contribution in [0.15, 0.2) is 59.7 Å². The highest BCUT2D eigenvalue weighted by Gasteiger charge is 1.94. The Kier molecular flexibility index (Phi) is 5.24. The molecule has 0 spiro atoms. The van der Waals surface area contributed by atoms with Crippen LogP contribution in [0.3, 0.4) is 0 Å². The molecule has 20 heavy (non-hydrogen) atoms. The van der Waals surface area contributed by atoms with Crippen molar-refractivity contribution in [2.45, 2.75) is 6.61 Å². The van der Waals surface area contributed by atoms with E-state index in [9.17, 15) is 0 Å². The maximum absolute atomic E-state index is 8.47. The van der Waals surface area contributed by atoms with Gasteiger partial charge in [0.25, 0.3) is 0 Å². The van der Waals surface area contributed by atoms with Gasteiger partial charge in [0, 0.05) is 10.5 Å². The summed E-state index contributed by atoms with van der Waals surface area (Å²) in [6.45, 7) is 0.868. The number of azide groups is 1. The molecule has 0 aliphatic heterocycles. The normalized spacial score (nSPS) is 9.20. The number of hydrogen-bond acceptors (Lipinski definition) is 2. The van der Waals surface area contributed by atoms with Crippen molar-refractivity contribution in [1.29, 1.82) is 0 Å². The molecule has 0 saturated carbocycles. The van der Waals surface area contributed by atoms with Crippen LogP contribution in [0.4, 0.5) is 5.69 Å². The highest BCUT2D eigenvalue weighted by Crippen LogP contribution is 2.17. The second kappa shape index (κ2) is 7.65. The molecule has 0 aliphatic rings. The number of rotatable bonds is 4. The van der Waals surface area contributed by atoms with Crippen molar-refractivity contribution in [3.05, 3.63) is 76.2 Å². The maximum Gasteiger partial charge on any atom is 0.108 e. The van der Waals surface area contributed by atoms with Crippen LogP contribution in [0.5, 0.6) is 0 Å². The van der Waals surface area contributed by atoms with E-state index in [2.05, 4.69) is 21.9 Å². The van der Waals surface area contributed by atoms with Gasteiger partial charge in [0.15, 0.2) is 0 Å². The van der Waals surface area contributed by atoms with E-state index >= 15 is 0 Å². The molecule has 0 fully saturated rings. The molecule has 0 saturated heterocycles. The average Bonchev–Trinajstić information content (AvgIpc) is 2.50. The zero-order valence-electron chi connectivity index (χ0n) is 10.9. The molecule has 0 unspecified atom stereocenters. The third-order valence-electron chi connectivity index (χ3n) is 2.57. The summed E-state index contributed by atoms with van der Waals surface area (Å²) in [6, 6.07) is 17.1. The van der Waals surface area contributed by atoms with Gasteiger partial charge in [-0.1, -0.05) is 65.5 Å². The minimum absolute atomic E-state index is 0.333. The number of hydrogen-bond donors (Lipinski definition) is 0. The van der Waals surface area contributed by atoms with Crippen LogP contribution in [0.25, 0.3) is 10.4 Å². The van der Waals surface area contributed by atoms with Crippen molar-refractivity contribution in [2.24, 2.45) is 5.11 Å². The van der Waals surface area contributed by atoms with Gasteiger partial charge in [0.05, 0.1) is 12.3 Å². The first kappa shape index (κ1) is 13.7. The predicted octanol–water partition coefficient (Wildman–Crippen LogP) is 4.20. The van der Waals surface area contributed by atoms with Crippen LogP contribution in [-0.2, 0) is 11.3 Å². The van der Waals surface area contributed by atoms with Crippen molar-refractivity contribution in [3.63, 3.8) is 0 Å². The molecule has 0 amide bonds. The van der Waals surface area contributed by atoms with Gasteiger partial charge in [-0.25, -0.2) is 0 Å². The molecule has 0 N–H and O–H groups in total. The van der Waals surface area contributed by atoms with Crippen molar-refractivity contribution in [2.75, 3.05) is 6.61 Å². The predicted molar refractivity (Wildman–Crippen MR) is 78.2 cm³/mol. The molecular weight excluding hydrogens is 250 g/mol. The standard InChI is InChI=1S/C16H13N3O/c17-19-18-16-11-5-4-9-15(16)10-6-12-20-13-14-7-2-1-3-8-14/h1-5,7-9,11H,12-13H2. The molecule has 2 aromatic rings. The van der Waals surface area contributed by atoms with E-state index in [1.54, 1.807) is 12.1 Å². The summed E-state index contributed by atoms with van der Waals surface area (Å²) < 4.78 is 5.46. The lowest BCUT2D eigenvalue weighted by atomic mass is 10.2. The molecule has 2 aromatic carbocycles. The molecule has 0 bridgehead atoms. The number of ether oxygens (including phenoxy) is 1. The first-order valence-electron chi connectivity index (χ1n) is 6.15. The zero-order valence-corrected chi connectivity index (χ0v) is 10.9. The fraction of sp³-hybridized carbons (Fsp3) is 0.125. The Bertz CT molecular complexity index is 665. The summed E-state index contributed by atoms with van der Waals surface area (Å²) >= 11 is 0. The molecule has 0 atom stereocenters. The van der Waals surface area contributed by atoms with E-state index in [4.69, 9.17) is 10.3 Å². The zero-order chi connectivity index (χ0) is 14.0. The quantitative estimate of drug-likeness (QED) is 0.268. The van der Waals surface area contributed by atoms with E-state index < -0.39 is 0 Å². The third-order valence-corrected chi connectivity index (χ3v) is 2.57. The molecule has 0 radical (unpaired) electrons. The lowest BCUT2D eigenvalue weighted by molar-refractivity contribution is 0.153.